The van der Waals surface area contributed by atoms with Crippen LogP contribution in [0.2, 0.25) is 0 Å². The molecule has 1 aliphatic rings. The molecule has 10 rings (SSSR count). The van der Waals surface area contributed by atoms with E-state index in [1.54, 1.807) is 6.07 Å². The van der Waals surface area contributed by atoms with E-state index in [2.05, 4.69) is 235 Å². The Kier molecular flexibility index (Phi) is 12.3. The highest BCUT2D eigenvalue weighted by molar-refractivity contribution is 6.08. The van der Waals surface area contributed by atoms with Crippen LogP contribution in [-0.2, 0) is 10.8 Å². The van der Waals surface area contributed by atoms with Crippen LogP contribution in [0.4, 0.5) is 0 Å². The van der Waals surface area contributed by atoms with E-state index in [1.807, 2.05) is 6.07 Å². The van der Waals surface area contributed by atoms with E-state index in [9.17, 15) is 5.11 Å². The Labute approximate surface area is 428 Å². The minimum absolute atomic E-state index is 0.245. The van der Waals surface area contributed by atoms with E-state index in [1.165, 1.54) is 50.1 Å². The molecule has 0 bridgehead atoms. The van der Waals surface area contributed by atoms with E-state index in [-0.39, 0.29) is 16.6 Å². The van der Waals surface area contributed by atoms with Gasteiger partial charge in [-0.25, -0.2) is 9.97 Å². The Balaban J connectivity index is 1.36. The number of fused-ring (bicyclic) bond motifs is 4. The number of hydrogen-bond acceptors (Lipinski definition) is 3. The SMILES string of the molecule is Cc1cccc(C)c1-n1c(-c2ccc3c(n2)-c2c(O)cccc2C(C)(C)C3(C)C)nc2c(-c3ccccc3)c(-c3c(-c4cc(C(C)C)cc(C(C)C)c4)cccc3-c3cc(C(C)C)cc(C(C)C)c3)ccc21. The zero-order valence-corrected chi connectivity index (χ0v) is 45.0. The molecule has 0 amide bonds. The molecule has 72 heavy (non-hydrogen) atoms. The maximum Gasteiger partial charge on any atom is 0.164 e. The number of pyridine rings is 1. The molecule has 2 heterocycles. The molecule has 0 spiro atoms. The van der Waals surface area contributed by atoms with Gasteiger partial charge in [0.2, 0.25) is 0 Å². The number of hydrogen-bond donors (Lipinski definition) is 1. The van der Waals surface area contributed by atoms with Gasteiger partial charge >= 0.3 is 0 Å². The molecule has 4 nitrogen and oxygen atoms in total. The zero-order valence-electron chi connectivity index (χ0n) is 45.0. The highest BCUT2D eigenvalue weighted by atomic mass is 16.3. The highest BCUT2D eigenvalue weighted by Crippen LogP contribution is 2.56. The molecule has 1 N–H and O–H groups in total. The second-order valence-electron chi connectivity index (χ2n) is 22.9. The van der Waals surface area contributed by atoms with E-state index in [0.29, 0.717) is 23.7 Å². The third-order valence-electron chi connectivity index (χ3n) is 16.4. The fourth-order valence-electron chi connectivity index (χ4n) is 11.4. The van der Waals surface area contributed by atoms with Crippen molar-refractivity contribution >= 4 is 11.0 Å². The summed E-state index contributed by atoms with van der Waals surface area (Å²) in [5.41, 5.74) is 24.0. The van der Waals surface area contributed by atoms with Crippen LogP contribution in [0, 0.1) is 13.8 Å². The fraction of sp³-hybridized carbons (Fsp3) is 0.294. The lowest BCUT2D eigenvalue weighted by Gasteiger charge is -2.47. The number of aryl methyl sites for hydroxylation is 2. The van der Waals surface area contributed by atoms with Crippen LogP contribution in [0.3, 0.4) is 0 Å². The average Bonchev–Trinajstić information content (AvgIpc) is 3.74. The Hall–Kier alpha value is -7.04. The van der Waals surface area contributed by atoms with Gasteiger partial charge in [0.1, 0.15) is 11.4 Å². The van der Waals surface area contributed by atoms with Crippen LogP contribution in [0.1, 0.15) is 151 Å². The van der Waals surface area contributed by atoms with Crippen molar-refractivity contribution in [2.24, 2.45) is 0 Å². The fourth-order valence-corrected chi connectivity index (χ4v) is 11.4. The van der Waals surface area contributed by atoms with Gasteiger partial charge in [-0.15, -0.1) is 0 Å². The van der Waals surface area contributed by atoms with Crippen molar-refractivity contribution in [3.05, 3.63) is 190 Å². The summed E-state index contributed by atoms with van der Waals surface area (Å²) in [5, 5.41) is 11.7. The van der Waals surface area contributed by atoms with Crippen LogP contribution in [0.15, 0.2) is 146 Å². The molecule has 0 saturated carbocycles. The lowest BCUT2D eigenvalue weighted by Crippen LogP contribution is -2.43. The molecule has 7 aromatic carbocycles. The lowest BCUT2D eigenvalue weighted by molar-refractivity contribution is 0.296. The van der Waals surface area contributed by atoms with Crippen LogP contribution in [0.25, 0.3) is 84.0 Å². The summed E-state index contributed by atoms with van der Waals surface area (Å²) in [6.07, 6.45) is 0. The molecule has 0 unspecified atom stereocenters. The predicted molar refractivity (Wildman–Crippen MR) is 305 cm³/mol. The minimum Gasteiger partial charge on any atom is -0.507 e. The van der Waals surface area contributed by atoms with E-state index in [0.717, 1.165) is 78.4 Å². The van der Waals surface area contributed by atoms with E-state index >= 15 is 0 Å². The topological polar surface area (TPSA) is 50.9 Å². The van der Waals surface area contributed by atoms with Gasteiger partial charge in [0.15, 0.2) is 5.82 Å². The molecule has 1 aliphatic carbocycles. The van der Waals surface area contributed by atoms with Crippen molar-refractivity contribution in [1.29, 1.82) is 0 Å². The standard InChI is InChI=1S/C68H71N3O/c1-39(2)46-33-47(40(3)4)36-50(35-46)52-25-19-26-53(51-37-48(41(5)6)34-49(38-51)42(7)8)61(52)54-29-32-58-64(60(54)45-23-16-15-17-24-45)70-66(71(58)65-43(9)21-18-22-44(65)10)57-31-30-56-63(69-57)62-55(27-20-28-59(62)72)67(11,12)68(56,13)14/h15-42,72H,1-14H3. The van der Waals surface area contributed by atoms with Crippen molar-refractivity contribution in [2.75, 3.05) is 0 Å². The normalized spacial score (nSPS) is 13.9. The van der Waals surface area contributed by atoms with Gasteiger partial charge in [0.25, 0.3) is 0 Å². The minimum atomic E-state index is -0.281. The van der Waals surface area contributed by atoms with Crippen LogP contribution in [0.5, 0.6) is 5.75 Å². The lowest BCUT2D eigenvalue weighted by atomic mass is 9.56. The molecule has 2 aromatic heterocycles. The molecule has 0 atom stereocenters. The third kappa shape index (κ3) is 7.99. The first-order valence-corrected chi connectivity index (χ1v) is 26.2. The first-order chi connectivity index (χ1) is 34.3. The number of phenols is 1. The summed E-state index contributed by atoms with van der Waals surface area (Å²) < 4.78 is 2.35. The molecule has 364 valence electrons. The maximum absolute atomic E-state index is 11.7. The van der Waals surface area contributed by atoms with Crippen molar-refractivity contribution in [2.45, 2.75) is 131 Å². The third-order valence-corrected chi connectivity index (χ3v) is 16.4. The largest absolute Gasteiger partial charge is 0.507 e. The molecule has 9 aromatic rings. The Bertz CT molecular complexity index is 3410. The van der Waals surface area contributed by atoms with Gasteiger partial charge in [0, 0.05) is 16.5 Å². The first-order valence-electron chi connectivity index (χ1n) is 26.2. The van der Waals surface area contributed by atoms with Gasteiger partial charge in [-0.2, -0.15) is 0 Å². The monoisotopic (exact) mass is 946 g/mol. The van der Waals surface area contributed by atoms with Gasteiger partial charge in [-0.05, 0) is 145 Å². The zero-order chi connectivity index (χ0) is 51.1. The van der Waals surface area contributed by atoms with Crippen molar-refractivity contribution in [3.8, 4) is 78.7 Å². The van der Waals surface area contributed by atoms with Crippen molar-refractivity contribution < 1.29 is 5.11 Å². The van der Waals surface area contributed by atoms with E-state index in [4.69, 9.17) is 9.97 Å². The summed E-state index contributed by atoms with van der Waals surface area (Å²) in [5.74, 6) is 2.45. The Morgan fingerprint density at radius 3 is 1.50 bits per heavy atom. The Morgan fingerprint density at radius 2 is 0.958 bits per heavy atom. The number of aromatic nitrogens is 3. The molecule has 0 aliphatic heterocycles. The summed E-state index contributed by atoms with van der Waals surface area (Å²) in [6.45, 7) is 32.0. The Morgan fingerprint density at radius 1 is 0.444 bits per heavy atom. The molecular weight excluding hydrogens is 875 g/mol. The predicted octanol–water partition coefficient (Wildman–Crippen LogP) is 18.8. The smallest absolute Gasteiger partial charge is 0.164 e. The number of rotatable bonds is 10. The summed E-state index contributed by atoms with van der Waals surface area (Å²) in [4.78, 5) is 11.5. The van der Waals surface area contributed by atoms with Crippen molar-refractivity contribution in [1.82, 2.24) is 14.5 Å². The summed E-state index contributed by atoms with van der Waals surface area (Å²) in [7, 11) is 0. The van der Waals surface area contributed by atoms with Gasteiger partial charge in [-0.3, -0.25) is 4.57 Å². The number of benzene rings is 7. The van der Waals surface area contributed by atoms with Crippen molar-refractivity contribution in [3.63, 3.8) is 0 Å². The number of nitrogens with zero attached hydrogens (tertiary/aromatic N) is 3. The molecule has 0 fully saturated rings. The number of para-hydroxylation sites is 1. The summed E-state index contributed by atoms with van der Waals surface area (Å²) >= 11 is 0. The van der Waals surface area contributed by atoms with Crippen LogP contribution < -0.4 is 0 Å². The number of phenolic OH excluding ortho intramolecular Hbond substituents is 1. The van der Waals surface area contributed by atoms with Crippen LogP contribution in [-0.4, -0.2) is 19.6 Å². The average molecular weight is 946 g/mol. The number of aromatic hydroxyl groups is 1. The quantitative estimate of drug-likeness (QED) is 0.149. The molecule has 0 saturated heterocycles. The van der Waals surface area contributed by atoms with E-state index < -0.39 is 0 Å². The summed E-state index contributed by atoms with van der Waals surface area (Å²) in [6, 6.07) is 53.9. The van der Waals surface area contributed by atoms with Crippen LogP contribution >= 0.6 is 0 Å². The maximum atomic E-state index is 11.7. The second-order valence-corrected chi connectivity index (χ2v) is 22.9. The van der Waals surface area contributed by atoms with Gasteiger partial charge in [-0.1, -0.05) is 210 Å². The van der Waals surface area contributed by atoms with Gasteiger partial charge < -0.3 is 5.11 Å². The second kappa shape index (κ2) is 18.2. The highest BCUT2D eigenvalue weighted by Gasteiger charge is 2.47. The molecule has 4 heteroatoms. The molecular formula is C68H71N3O. The molecule has 0 radical (unpaired) electrons. The first kappa shape index (κ1) is 48.6. The van der Waals surface area contributed by atoms with Gasteiger partial charge in [0.05, 0.1) is 22.4 Å². The number of imidazole rings is 1.